The second kappa shape index (κ2) is 3.95. The Kier molecular flexibility index (Phi) is 2.31. The minimum Gasteiger partial charge on any atom is -0.505 e. The van der Waals surface area contributed by atoms with Crippen molar-refractivity contribution < 1.29 is 5.11 Å². The van der Waals surface area contributed by atoms with Gasteiger partial charge in [0.15, 0.2) is 0 Å². The van der Waals surface area contributed by atoms with Gasteiger partial charge < -0.3 is 9.67 Å². The fourth-order valence-electron chi connectivity index (χ4n) is 3.40. The Morgan fingerprint density at radius 3 is 2.65 bits per heavy atom. The van der Waals surface area contributed by atoms with Gasteiger partial charge >= 0.3 is 0 Å². The van der Waals surface area contributed by atoms with Crippen molar-refractivity contribution in [3.63, 3.8) is 0 Å². The molecule has 102 valence electrons. The van der Waals surface area contributed by atoms with Crippen LogP contribution in [0.1, 0.15) is 23.2 Å². The number of hydrogen-bond acceptors (Lipinski definition) is 3. The molecule has 1 aromatic heterocycles. The Bertz CT molecular complexity index is 887. The number of allylic oxidation sites excluding steroid dienone is 1. The van der Waals surface area contributed by atoms with E-state index in [0.29, 0.717) is 12.3 Å². The third-order valence-electron chi connectivity index (χ3n) is 4.39. The van der Waals surface area contributed by atoms with Crippen LogP contribution < -0.4 is 10.7 Å². The van der Waals surface area contributed by atoms with Crippen LogP contribution in [0.5, 0.6) is 5.75 Å². The molecule has 0 unspecified atom stereocenters. The highest BCUT2D eigenvalue weighted by Crippen LogP contribution is 2.33. The lowest BCUT2D eigenvalue weighted by atomic mass is 10.1. The molecule has 0 saturated heterocycles. The zero-order chi connectivity index (χ0) is 13.9. The van der Waals surface area contributed by atoms with Gasteiger partial charge in [-0.15, -0.1) is 0 Å². The summed E-state index contributed by atoms with van der Waals surface area (Å²) in [5.74, 6) is 0.365. The van der Waals surface area contributed by atoms with E-state index in [2.05, 4.69) is 33.6 Å². The van der Waals surface area contributed by atoms with Gasteiger partial charge in [-0.25, -0.2) is 0 Å². The number of benzene rings is 1. The number of rotatable bonds is 0. The number of nitrogens with zero attached hydrogens (tertiary/aromatic N) is 3. The van der Waals surface area contributed by atoms with Gasteiger partial charge in [-0.1, -0.05) is 6.08 Å². The Morgan fingerprint density at radius 1 is 1.10 bits per heavy atom. The SMILES string of the molecule is Cc1c(O)c2c(c(C)c3n2CCC=C3)c2c1=NCCN=2. The standard InChI is InChI=1S/C16H17N3O/c1-9-11-5-3-4-8-19(11)15-12(9)14-13(10(2)16(15)20)17-6-7-18-14/h3,5,20H,4,6-8H2,1-2H3. The van der Waals surface area contributed by atoms with E-state index in [4.69, 9.17) is 0 Å². The number of fused-ring (bicyclic) bond motifs is 5. The summed E-state index contributed by atoms with van der Waals surface area (Å²) in [5, 5.41) is 13.6. The molecule has 0 atom stereocenters. The molecule has 4 heteroatoms. The zero-order valence-corrected chi connectivity index (χ0v) is 11.8. The lowest BCUT2D eigenvalue weighted by Crippen LogP contribution is -2.33. The molecule has 0 fully saturated rings. The predicted molar refractivity (Wildman–Crippen MR) is 78.8 cm³/mol. The number of hydrogen-bond donors (Lipinski definition) is 1. The molecule has 2 aliphatic heterocycles. The van der Waals surface area contributed by atoms with Gasteiger partial charge in [0.2, 0.25) is 0 Å². The topological polar surface area (TPSA) is 49.9 Å². The van der Waals surface area contributed by atoms with Crippen LogP contribution in [0.2, 0.25) is 0 Å². The van der Waals surface area contributed by atoms with E-state index in [1.165, 1.54) is 11.3 Å². The van der Waals surface area contributed by atoms with Gasteiger partial charge in [0, 0.05) is 23.2 Å². The molecule has 4 nitrogen and oxygen atoms in total. The first kappa shape index (κ1) is 11.7. The fraction of sp³-hybridized carbons (Fsp3) is 0.375. The first-order chi connectivity index (χ1) is 9.70. The number of phenols is 1. The zero-order valence-electron chi connectivity index (χ0n) is 11.8. The van der Waals surface area contributed by atoms with Crippen molar-refractivity contribution in [1.82, 2.24) is 4.57 Å². The van der Waals surface area contributed by atoms with Crippen molar-refractivity contribution in [3.8, 4) is 5.75 Å². The smallest absolute Gasteiger partial charge is 0.145 e. The molecule has 0 bridgehead atoms. The molecule has 4 rings (SSSR count). The lowest BCUT2D eigenvalue weighted by molar-refractivity contribution is 0.471. The molecule has 0 spiro atoms. The summed E-state index contributed by atoms with van der Waals surface area (Å²) in [6, 6.07) is 0. The van der Waals surface area contributed by atoms with Crippen LogP contribution >= 0.6 is 0 Å². The minimum atomic E-state index is 0.365. The summed E-state index contributed by atoms with van der Waals surface area (Å²) in [5.41, 5.74) is 4.17. The molecule has 0 radical (unpaired) electrons. The van der Waals surface area contributed by atoms with Crippen molar-refractivity contribution in [2.24, 2.45) is 9.98 Å². The maximum absolute atomic E-state index is 10.6. The van der Waals surface area contributed by atoms with Crippen molar-refractivity contribution in [3.05, 3.63) is 33.6 Å². The van der Waals surface area contributed by atoms with E-state index in [9.17, 15) is 5.11 Å². The largest absolute Gasteiger partial charge is 0.505 e. The second-order valence-electron chi connectivity index (χ2n) is 5.51. The molecular formula is C16H17N3O. The average molecular weight is 267 g/mol. The van der Waals surface area contributed by atoms with Gasteiger partial charge in [-0.05, 0) is 31.9 Å². The van der Waals surface area contributed by atoms with Crippen molar-refractivity contribution in [2.75, 3.05) is 13.1 Å². The quantitative estimate of drug-likeness (QED) is 0.775. The third kappa shape index (κ3) is 1.31. The van der Waals surface area contributed by atoms with E-state index in [1.54, 1.807) is 0 Å². The molecule has 0 amide bonds. The van der Waals surface area contributed by atoms with Gasteiger partial charge in [-0.2, -0.15) is 0 Å². The van der Waals surface area contributed by atoms with Crippen molar-refractivity contribution >= 4 is 17.0 Å². The van der Waals surface area contributed by atoms with Crippen LogP contribution in [0, 0.1) is 13.8 Å². The summed E-state index contributed by atoms with van der Waals surface area (Å²) in [4.78, 5) is 9.25. The maximum atomic E-state index is 10.6. The Morgan fingerprint density at radius 2 is 1.85 bits per heavy atom. The summed E-state index contributed by atoms with van der Waals surface area (Å²) < 4.78 is 2.22. The molecule has 1 N–H and O–H groups in total. The van der Waals surface area contributed by atoms with Crippen molar-refractivity contribution in [2.45, 2.75) is 26.8 Å². The summed E-state index contributed by atoms with van der Waals surface area (Å²) in [7, 11) is 0. The van der Waals surface area contributed by atoms with Gasteiger partial charge in [0.25, 0.3) is 0 Å². The van der Waals surface area contributed by atoms with E-state index < -0.39 is 0 Å². The van der Waals surface area contributed by atoms with Gasteiger partial charge in [0.1, 0.15) is 5.75 Å². The minimum absolute atomic E-state index is 0.365. The Labute approximate surface area is 116 Å². The van der Waals surface area contributed by atoms with Crippen LogP contribution in [0.25, 0.3) is 17.0 Å². The van der Waals surface area contributed by atoms with E-state index in [1.807, 2.05) is 6.92 Å². The fourth-order valence-corrected chi connectivity index (χ4v) is 3.40. The Hall–Kier alpha value is -2.10. The van der Waals surface area contributed by atoms with Crippen LogP contribution in [0.3, 0.4) is 0 Å². The van der Waals surface area contributed by atoms with Crippen LogP contribution in [-0.4, -0.2) is 22.8 Å². The monoisotopic (exact) mass is 267 g/mol. The average Bonchev–Trinajstić information content (AvgIpc) is 2.79. The molecule has 1 aromatic carbocycles. The van der Waals surface area contributed by atoms with Gasteiger partial charge in [0.05, 0.1) is 29.3 Å². The maximum Gasteiger partial charge on any atom is 0.145 e. The van der Waals surface area contributed by atoms with Crippen LogP contribution in [0.4, 0.5) is 0 Å². The van der Waals surface area contributed by atoms with Gasteiger partial charge in [-0.3, -0.25) is 9.98 Å². The number of aromatic hydroxyl groups is 1. The highest BCUT2D eigenvalue weighted by Gasteiger charge is 2.22. The predicted octanol–water partition coefficient (Wildman–Crippen LogP) is 1.63. The lowest BCUT2D eigenvalue weighted by Gasteiger charge is -2.13. The highest BCUT2D eigenvalue weighted by molar-refractivity contribution is 5.93. The molecular weight excluding hydrogens is 250 g/mol. The number of aromatic nitrogens is 1. The second-order valence-corrected chi connectivity index (χ2v) is 5.51. The summed E-state index contributed by atoms with van der Waals surface area (Å²) in [6.45, 7) is 6.42. The van der Waals surface area contributed by atoms with Crippen molar-refractivity contribution in [1.29, 1.82) is 0 Å². The number of phenolic OH excluding ortho intramolecular Hbond substituents is 1. The summed E-state index contributed by atoms with van der Waals surface area (Å²) >= 11 is 0. The molecule has 0 saturated carbocycles. The molecule has 2 aliphatic rings. The van der Waals surface area contributed by atoms with Crippen LogP contribution in [-0.2, 0) is 6.54 Å². The van der Waals surface area contributed by atoms with E-state index in [-0.39, 0.29) is 0 Å². The van der Waals surface area contributed by atoms with E-state index >= 15 is 0 Å². The molecule has 20 heavy (non-hydrogen) atoms. The third-order valence-corrected chi connectivity index (χ3v) is 4.39. The molecule has 3 heterocycles. The first-order valence-electron chi connectivity index (χ1n) is 7.10. The van der Waals surface area contributed by atoms with E-state index in [0.717, 1.165) is 46.7 Å². The molecule has 0 aliphatic carbocycles. The molecule has 2 aromatic rings. The Balaban J connectivity index is 2.34. The van der Waals surface area contributed by atoms with Crippen LogP contribution in [0.15, 0.2) is 16.1 Å². The summed E-state index contributed by atoms with van der Waals surface area (Å²) in [6.07, 6.45) is 5.35. The number of aryl methyl sites for hydroxylation is 2. The first-order valence-corrected chi connectivity index (χ1v) is 7.10. The highest BCUT2D eigenvalue weighted by atomic mass is 16.3. The normalized spacial score (nSPS) is 16.5.